The number of ether oxygens (including phenoxy) is 1. The molecule has 1 aromatic heterocycles. The highest BCUT2D eigenvalue weighted by atomic mass is 16.5. The summed E-state index contributed by atoms with van der Waals surface area (Å²) >= 11 is 0. The van der Waals surface area contributed by atoms with Crippen LogP contribution in [0.5, 0.6) is 5.75 Å². The minimum atomic E-state index is 0.243. The van der Waals surface area contributed by atoms with Crippen LogP contribution in [0.2, 0.25) is 0 Å². The molecule has 0 amide bonds. The van der Waals surface area contributed by atoms with Gasteiger partial charge in [0, 0.05) is 25.3 Å². The van der Waals surface area contributed by atoms with Crippen LogP contribution < -0.4 is 15.4 Å². The molecular formula is C14H23N3O. The summed E-state index contributed by atoms with van der Waals surface area (Å²) in [5.74, 6) is 2.39. The first kappa shape index (κ1) is 13.1. The van der Waals surface area contributed by atoms with E-state index in [0.717, 1.165) is 24.7 Å². The third-order valence-electron chi connectivity index (χ3n) is 3.55. The molecule has 1 aliphatic rings. The SMILES string of the molecule is CCOc1cccnc1N1CCCC(C(C)N)C1. The van der Waals surface area contributed by atoms with E-state index in [0.29, 0.717) is 12.5 Å². The third kappa shape index (κ3) is 2.93. The van der Waals surface area contributed by atoms with Gasteiger partial charge in [0.25, 0.3) is 0 Å². The first-order chi connectivity index (χ1) is 8.72. The predicted molar refractivity (Wildman–Crippen MR) is 74.0 cm³/mol. The summed E-state index contributed by atoms with van der Waals surface area (Å²) in [6, 6.07) is 4.15. The van der Waals surface area contributed by atoms with E-state index >= 15 is 0 Å². The number of piperidine rings is 1. The molecule has 0 spiro atoms. The van der Waals surface area contributed by atoms with Gasteiger partial charge in [0.2, 0.25) is 0 Å². The fraction of sp³-hybridized carbons (Fsp3) is 0.643. The molecule has 4 nitrogen and oxygen atoms in total. The van der Waals surface area contributed by atoms with Crippen LogP contribution in [0.4, 0.5) is 5.82 Å². The topological polar surface area (TPSA) is 51.4 Å². The maximum atomic E-state index is 6.03. The van der Waals surface area contributed by atoms with Crippen molar-refractivity contribution in [2.75, 3.05) is 24.6 Å². The Morgan fingerprint density at radius 3 is 3.17 bits per heavy atom. The molecular weight excluding hydrogens is 226 g/mol. The Labute approximate surface area is 109 Å². The average molecular weight is 249 g/mol. The molecule has 0 saturated carbocycles. The molecule has 1 aliphatic heterocycles. The van der Waals surface area contributed by atoms with Crippen molar-refractivity contribution in [3.8, 4) is 5.75 Å². The normalized spacial score (nSPS) is 21.7. The van der Waals surface area contributed by atoms with Gasteiger partial charge in [-0.05, 0) is 44.7 Å². The molecule has 0 aliphatic carbocycles. The summed E-state index contributed by atoms with van der Waals surface area (Å²) in [7, 11) is 0. The number of pyridine rings is 1. The molecule has 2 heterocycles. The van der Waals surface area contributed by atoms with E-state index in [2.05, 4.69) is 16.8 Å². The Kier molecular flexibility index (Phi) is 4.42. The minimum Gasteiger partial charge on any atom is -0.490 e. The molecule has 0 bridgehead atoms. The molecule has 2 rings (SSSR count). The summed E-state index contributed by atoms with van der Waals surface area (Å²) in [4.78, 5) is 6.78. The van der Waals surface area contributed by atoms with Gasteiger partial charge in [-0.15, -0.1) is 0 Å². The number of rotatable bonds is 4. The Bertz CT molecular complexity index is 381. The van der Waals surface area contributed by atoms with Crippen molar-refractivity contribution in [3.05, 3.63) is 18.3 Å². The van der Waals surface area contributed by atoms with Crippen LogP contribution in [-0.4, -0.2) is 30.7 Å². The van der Waals surface area contributed by atoms with Gasteiger partial charge in [-0.25, -0.2) is 4.98 Å². The Hall–Kier alpha value is -1.29. The highest BCUT2D eigenvalue weighted by Crippen LogP contribution is 2.29. The van der Waals surface area contributed by atoms with Crippen molar-refractivity contribution >= 4 is 5.82 Å². The van der Waals surface area contributed by atoms with E-state index in [1.165, 1.54) is 12.8 Å². The first-order valence-corrected chi connectivity index (χ1v) is 6.80. The monoisotopic (exact) mass is 249 g/mol. The summed E-state index contributed by atoms with van der Waals surface area (Å²) < 4.78 is 5.65. The molecule has 1 aromatic rings. The Balaban J connectivity index is 2.15. The van der Waals surface area contributed by atoms with Gasteiger partial charge in [0.1, 0.15) is 0 Å². The van der Waals surface area contributed by atoms with E-state index in [1.807, 2.05) is 25.3 Å². The molecule has 1 saturated heterocycles. The van der Waals surface area contributed by atoms with Crippen LogP contribution in [0.3, 0.4) is 0 Å². The van der Waals surface area contributed by atoms with Crippen molar-refractivity contribution in [1.29, 1.82) is 0 Å². The van der Waals surface area contributed by atoms with Crippen LogP contribution in [0.25, 0.3) is 0 Å². The van der Waals surface area contributed by atoms with Crippen LogP contribution >= 0.6 is 0 Å². The Morgan fingerprint density at radius 1 is 1.61 bits per heavy atom. The number of hydrogen-bond donors (Lipinski definition) is 1. The molecule has 1 fully saturated rings. The Morgan fingerprint density at radius 2 is 2.44 bits per heavy atom. The molecule has 0 radical (unpaired) electrons. The lowest BCUT2D eigenvalue weighted by Crippen LogP contribution is -2.42. The molecule has 100 valence electrons. The molecule has 0 aromatic carbocycles. The van der Waals surface area contributed by atoms with Crippen LogP contribution in [0, 0.1) is 5.92 Å². The van der Waals surface area contributed by atoms with Crippen molar-refractivity contribution in [2.45, 2.75) is 32.7 Å². The van der Waals surface area contributed by atoms with Gasteiger partial charge >= 0.3 is 0 Å². The van der Waals surface area contributed by atoms with Crippen LogP contribution in [0.15, 0.2) is 18.3 Å². The van der Waals surface area contributed by atoms with Crippen LogP contribution in [-0.2, 0) is 0 Å². The van der Waals surface area contributed by atoms with Gasteiger partial charge in [-0.1, -0.05) is 0 Å². The van der Waals surface area contributed by atoms with Gasteiger partial charge < -0.3 is 15.4 Å². The maximum Gasteiger partial charge on any atom is 0.171 e. The molecule has 2 unspecified atom stereocenters. The zero-order chi connectivity index (χ0) is 13.0. The highest BCUT2D eigenvalue weighted by Gasteiger charge is 2.25. The second-order valence-electron chi connectivity index (χ2n) is 4.97. The van der Waals surface area contributed by atoms with E-state index in [9.17, 15) is 0 Å². The third-order valence-corrected chi connectivity index (χ3v) is 3.55. The first-order valence-electron chi connectivity index (χ1n) is 6.80. The minimum absolute atomic E-state index is 0.243. The molecule has 2 atom stereocenters. The van der Waals surface area contributed by atoms with E-state index in [-0.39, 0.29) is 6.04 Å². The summed E-state index contributed by atoms with van der Waals surface area (Å²) in [5, 5.41) is 0. The zero-order valence-electron chi connectivity index (χ0n) is 11.3. The standard InChI is InChI=1S/C14H23N3O/c1-3-18-13-7-4-8-16-14(13)17-9-5-6-12(10-17)11(2)15/h4,7-8,11-12H,3,5-6,9-10,15H2,1-2H3. The zero-order valence-corrected chi connectivity index (χ0v) is 11.3. The average Bonchev–Trinajstić information content (AvgIpc) is 2.40. The fourth-order valence-corrected chi connectivity index (χ4v) is 2.52. The van der Waals surface area contributed by atoms with E-state index in [1.54, 1.807) is 0 Å². The van der Waals surface area contributed by atoms with Crippen molar-refractivity contribution in [2.24, 2.45) is 11.7 Å². The van der Waals surface area contributed by atoms with E-state index in [4.69, 9.17) is 10.5 Å². The van der Waals surface area contributed by atoms with E-state index < -0.39 is 0 Å². The lowest BCUT2D eigenvalue weighted by atomic mass is 9.92. The lowest BCUT2D eigenvalue weighted by Gasteiger charge is -2.35. The summed E-state index contributed by atoms with van der Waals surface area (Å²) in [6.07, 6.45) is 4.21. The summed E-state index contributed by atoms with van der Waals surface area (Å²) in [6.45, 7) is 6.78. The molecule has 18 heavy (non-hydrogen) atoms. The summed E-state index contributed by atoms with van der Waals surface area (Å²) in [5.41, 5.74) is 6.03. The number of nitrogens with two attached hydrogens (primary N) is 1. The number of aromatic nitrogens is 1. The van der Waals surface area contributed by atoms with Crippen LogP contribution in [0.1, 0.15) is 26.7 Å². The lowest BCUT2D eigenvalue weighted by molar-refractivity contribution is 0.330. The number of nitrogens with zero attached hydrogens (tertiary/aromatic N) is 2. The highest BCUT2D eigenvalue weighted by molar-refractivity contribution is 5.52. The van der Waals surface area contributed by atoms with Gasteiger partial charge in [0.15, 0.2) is 11.6 Å². The van der Waals surface area contributed by atoms with Gasteiger partial charge in [-0.2, -0.15) is 0 Å². The maximum absolute atomic E-state index is 6.03. The number of hydrogen-bond acceptors (Lipinski definition) is 4. The molecule has 2 N–H and O–H groups in total. The van der Waals surface area contributed by atoms with Gasteiger partial charge in [-0.3, -0.25) is 0 Å². The van der Waals surface area contributed by atoms with Gasteiger partial charge in [0.05, 0.1) is 6.61 Å². The van der Waals surface area contributed by atoms with Crippen molar-refractivity contribution < 1.29 is 4.74 Å². The fourth-order valence-electron chi connectivity index (χ4n) is 2.52. The number of anilines is 1. The van der Waals surface area contributed by atoms with Crippen molar-refractivity contribution in [3.63, 3.8) is 0 Å². The molecule has 4 heteroatoms. The van der Waals surface area contributed by atoms with Crippen molar-refractivity contribution in [1.82, 2.24) is 4.98 Å². The quantitative estimate of drug-likeness (QED) is 0.887. The largest absolute Gasteiger partial charge is 0.490 e. The second-order valence-corrected chi connectivity index (χ2v) is 4.97. The predicted octanol–water partition coefficient (Wildman–Crippen LogP) is 2.04. The second kappa shape index (κ2) is 6.05. The smallest absolute Gasteiger partial charge is 0.171 e.